The lowest BCUT2D eigenvalue weighted by atomic mass is 10.0. The third kappa shape index (κ3) is 5.25. The number of nitrogen functional groups attached to an aromatic ring is 1. The van der Waals surface area contributed by atoms with E-state index >= 15 is 0 Å². The molecule has 3 heterocycles. The van der Waals surface area contributed by atoms with Gasteiger partial charge in [0.05, 0.1) is 13.2 Å². The average Bonchev–Trinajstić information content (AvgIpc) is 3.22. The van der Waals surface area contributed by atoms with E-state index in [9.17, 15) is 22.4 Å². The molecule has 13 heteroatoms. The van der Waals surface area contributed by atoms with Crippen LogP contribution < -0.4 is 15.2 Å². The van der Waals surface area contributed by atoms with E-state index in [1.807, 2.05) is 0 Å². The number of amides is 1. The Kier molecular flexibility index (Phi) is 6.63. The molecule has 3 aromatic heterocycles. The number of carbonyl (C=O) groups excluding carboxylic acids is 1. The van der Waals surface area contributed by atoms with Crippen molar-refractivity contribution in [2.24, 2.45) is 0 Å². The third-order valence-electron chi connectivity index (χ3n) is 5.82. The Morgan fingerprint density at radius 1 is 1.16 bits per heavy atom. The summed E-state index contributed by atoms with van der Waals surface area (Å²) >= 11 is 0. The van der Waals surface area contributed by atoms with Crippen molar-refractivity contribution < 1.29 is 31.8 Å². The van der Waals surface area contributed by atoms with Gasteiger partial charge in [-0.05, 0) is 55.8 Å². The van der Waals surface area contributed by atoms with Crippen LogP contribution in [0.3, 0.4) is 0 Å². The summed E-state index contributed by atoms with van der Waals surface area (Å²) < 4.78 is 63.2. The number of benzene rings is 1. The molecule has 9 nitrogen and oxygen atoms in total. The van der Waals surface area contributed by atoms with Crippen LogP contribution >= 0.6 is 0 Å². The predicted molar refractivity (Wildman–Crippen MR) is 126 cm³/mol. The molecule has 0 spiro atoms. The fraction of sp³-hybridized carbons (Fsp3) is 0.250. The first kappa shape index (κ1) is 25.7. The number of methoxy groups -OCH3 is 1. The number of rotatable bonds is 6. The lowest BCUT2D eigenvalue weighted by Crippen LogP contribution is -2.31. The van der Waals surface area contributed by atoms with Gasteiger partial charge in [0.1, 0.15) is 17.1 Å². The van der Waals surface area contributed by atoms with Crippen LogP contribution in [0.5, 0.6) is 11.6 Å². The number of nitrogens with two attached hydrogens (primary N) is 1. The van der Waals surface area contributed by atoms with Gasteiger partial charge in [-0.15, -0.1) is 18.3 Å². The Balaban J connectivity index is 1.71. The van der Waals surface area contributed by atoms with Crippen molar-refractivity contribution in [1.29, 1.82) is 0 Å². The fourth-order valence-corrected chi connectivity index (χ4v) is 3.86. The van der Waals surface area contributed by atoms with Gasteiger partial charge in [-0.1, -0.05) is 0 Å². The van der Waals surface area contributed by atoms with Crippen molar-refractivity contribution >= 4 is 17.5 Å². The average molecular weight is 518 g/mol. The van der Waals surface area contributed by atoms with Gasteiger partial charge >= 0.3 is 6.36 Å². The summed E-state index contributed by atoms with van der Waals surface area (Å²) in [7, 11) is 2.75. The predicted octanol–water partition coefficient (Wildman–Crippen LogP) is 4.56. The number of halogens is 4. The molecule has 37 heavy (non-hydrogen) atoms. The minimum Gasteiger partial charge on any atom is -0.480 e. The van der Waals surface area contributed by atoms with Gasteiger partial charge in [-0.2, -0.15) is 4.98 Å². The van der Waals surface area contributed by atoms with Crippen LogP contribution in [0.1, 0.15) is 34.6 Å². The Bertz CT molecular complexity index is 1490. The molecule has 0 aliphatic rings. The molecule has 0 aliphatic heterocycles. The molecule has 1 unspecified atom stereocenters. The zero-order valence-electron chi connectivity index (χ0n) is 20.2. The lowest BCUT2D eigenvalue weighted by Gasteiger charge is -2.27. The van der Waals surface area contributed by atoms with Crippen molar-refractivity contribution in [2.75, 3.05) is 19.9 Å². The maximum atomic E-state index is 14.6. The van der Waals surface area contributed by atoms with Gasteiger partial charge in [0.15, 0.2) is 5.65 Å². The number of aromatic nitrogens is 4. The molecule has 2 N–H and O–H groups in total. The number of aryl methyl sites for hydroxylation is 1. The number of pyridine rings is 2. The molecule has 0 fully saturated rings. The van der Waals surface area contributed by atoms with Crippen LogP contribution in [0.15, 0.2) is 42.6 Å². The minimum atomic E-state index is -4.95. The lowest BCUT2D eigenvalue weighted by molar-refractivity contribution is -0.274. The highest BCUT2D eigenvalue weighted by molar-refractivity contribution is 5.98. The quantitative estimate of drug-likeness (QED) is 0.373. The molecular formula is C24H22F4N6O3. The van der Waals surface area contributed by atoms with Crippen LogP contribution in [0.2, 0.25) is 0 Å². The van der Waals surface area contributed by atoms with E-state index < -0.39 is 29.9 Å². The monoisotopic (exact) mass is 518 g/mol. The van der Waals surface area contributed by atoms with Crippen LogP contribution in [0.25, 0.3) is 16.8 Å². The smallest absolute Gasteiger partial charge is 0.480 e. The zero-order valence-corrected chi connectivity index (χ0v) is 20.2. The molecule has 0 saturated carbocycles. The molecule has 1 aromatic carbocycles. The third-order valence-corrected chi connectivity index (χ3v) is 5.82. The largest absolute Gasteiger partial charge is 0.573 e. The van der Waals surface area contributed by atoms with Gasteiger partial charge in [0, 0.05) is 30.1 Å². The number of nitrogens with zero attached hydrogens (tertiary/aromatic N) is 5. The molecule has 194 valence electrons. The normalized spacial score (nSPS) is 12.4. The first-order chi connectivity index (χ1) is 17.4. The molecule has 4 rings (SSSR count). The van der Waals surface area contributed by atoms with Crippen LogP contribution in [0.4, 0.5) is 23.5 Å². The topological polar surface area (TPSA) is 108 Å². The summed E-state index contributed by atoms with van der Waals surface area (Å²) in [5, 5.41) is 4.03. The molecule has 1 amide bonds. The van der Waals surface area contributed by atoms with Crippen molar-refractivity contribution in [2.45, 2.75) is 26.3 Å². The number of hydrogen-bond acceptors (Lipinski definition) is 7. The summed E-state index contributed by atoms with van der Waals surface area (Å²) in [5.41, 5.74) is 7.89. The van der Waals surface area contributed by atoms with Crippen LogP contribution in [0, 0.1) is 12.7 Å². The number of carbonyl (C=O) groups is 1. The van der Waals surface area contributed by atoms with Gasteiger partial charge < -0.3 is 20.1 Å². The summed E-state index contributed by atoms with van der Waals surface area (Å²) in [6, 6.07) is 6.71. The highest BCUT2D eigenvalue weighted by Crippen LogP contribution is 2.33. The van der Waals surface area contributed by atoms with Crippen molar-refractivity contribution in [3.63, 3.8) is 0 Å². The van der Waals surface area contributed by atoms with E-state index in [-0.39, 0.29) is 23.0 Å². The molecule has 0 aliphatic carbocycles. The number of fused-ring (bicyclic) bond motifs is 1. The SMILES string of the molecule is COc1nc(C)c(-c2ccn3nc(N)nc3c2)cc1C(=O)N(C)C(C)c1cc(OC(F)(F)F)ccc1F. The van der Waals surface area contributed by atoms with E-state index in [1.165, 1.54) is 30.5 Å². The zero-order chi connectivity index (χ0) is 27.1. The molecule has 4 aromatic rings. The molecular weight excluding hydrogens is 496 g/mol. The highest BCUT2D eigenvalue weighted by Gasteiger charge is 2.32. The van der Waals surface area contributed by atoms with E-state index in [0.717, 1.165) is 18.2 Å². The second kappa shape index (κ2) is 9.56. The Morgan fingerprint density at radius 2 is 1.89 bits per heavy atom. The van der Waals surface area contributed by atoms with Crippen molar-refractivity contribution in [1.82, 2.24) is 24.5 Å². The number of hydrogen-bond donors (Lipinski definition) is 1. The summed E-state index contributed by atoms with van der Waals surface area (Å²) in [6.07, 6.45) is -3.29. The second-order valence-electron chi connectivity index (χ2n) is 8.19. The molecule has 1 atom stereocenters. The molecule has 0 saturated heterocycles. The maximum Gasteiger partial charge on any atom is 0.573 e. The van der Waals surface area contributed by atoms with Crippen molar-refractivity contribution in [3.8, 4) is 22.8 Å². The fourth-order valence-electron chi connectivity index (χ4n) is 3.86. The summed E-state index contributed by atoms with van der Waals surface area (Å²) in [5.74, 6) is -1.85. The number of ether oxygens (including phenoxy) is 2. The van der Waals surface area contributed by atoms with E-state index in [0.29, 0.717) is 22.5 Å². The van der Waals surface area contributed by atoms with Gasteiger partial charge in [0.2, 0.25) is 11.8 Å². The van der Waals surface area contributed by atoms with E-state index in [1.54, 1.807) is 31.3 Å². The highest BCUT2D eigenvalue weighted by atomic mass is 19.4. The van der Waals surface area contributed by atoms with E-state index in [4.69, 9.17) is 10.5 Å². The molecule has 0 radical (unpaired) electrons. The van der Waals surface area contributed by atoms with Gasteiger partial charge in [0.25, 0.3) is 5.91 Å². The Hall–Kier alpha value is -4.42. The van der Waals surface area contributed by atoms with Crippen molar-refractivity contribution in [3.05, 3.63) is 65.2 Å². The second-order valence-corrected chi connectivity index (χ2v) is 8.19. The van der Waals surface area contributed by atoms with Gasteiger partial charge in [-0.25, -0.2) is 13.9 Å². The van der Waals surface area contributed by atoms with E-state index in [2.05, 4.69) is 19.8 Å². The summed E-state index contributed by atoms with van der Waals surface area (Å²) in [6.45, 7) is 3.22. The standard InChI is InChI=1S/C24H22F4N6O3/c1-12-16(14-7-8-34-20(9-14)31-23(29)32-34)11-18(21(30-12)36-4)22(35)33(3)13(2)17-10-15(5-6-19(17)25)37-24(26,27)28/h5-11,13H,1-4H3,(H2,29,32). The van der Waals surface area contributed by atoms with Crippen LogP contribution in [-0.4, -0.2) is 50.9 Å². The molecule has 0 bridgehead atoms. The first-order valence-corrected chi connectivity index (χ1v) is 10.9. The number of anilines is 1. The Labute approximate surface area is 208 Å². The first-order valence-electron chi connectivity index (χ1n) is 10.9. The summed E-state index contributed by atoms with van der Waals surface area (Å²) in [4.78, 5) is 23.2. The van der Waals surface area contributed by atoms with Gasteiger partial charge in [-0.3, -0.25) is 4.79 Å². The number of alkyl halides is 3. The Morgan fingerprint density at radius 3 is 2.57 bits per heavy atom. The maximum absolute atomic E-state index is 14.6. The minimum absolute atomic E-state index is 0.0349. The van der Waals surface area contributed by atoms with Crippen LogP contribution in [-0.2, 0) is 0 Å².